The Kier molecular flexibility index (Phi) is 10.9. The molecule has 0 fully saturated rings. The number of hydrogen-bond acceptors (Lipinski definition) is 2. The molecular formula is C16H34N2O. The quantitative estimate of drug-likeness (QED) is 0.565. The molecule has 0 aromatic heterocycles. The van der Waals surface area contributed by atoms with E-state index in [9.17, 15) is 4.79 Å². The Labute approximate surface area is 119 Å². The Morgan fingerprint density at radius 2 is 1.58 bits per heavy atom. The molecule has 1 atom stereocenters. The number of hydrogen-bond donors (Lipinski definition) is 2. The molecule has 0 rings (SSSR count). The van der Waals surface area contributed by atoms with Crippen LogP contribution in [0.1, 0.15) is 66.7 Å². The molecule has 0 spiro atoms. The smallest absolute Gasteiger partial charge is 0.234 e. The maximum absolute atomic E-state index is 11.6. The summed E-state index contributed by atoms with van der Waals surface area (Å²) in [5.74, 6) is 1.43. The number of carbonyl (C=O) groups excluding carboxylic acids is 1. The largest absolute Gasteiger partial charge is 0.352 e. The van der Waals surface area contributed by atoms with Gasteiger partial charge in [-0.1, -0.05) is 53.4 Å². The molecule has 1 amide bonds. The highest BCUT2D eigenvalue weighted by Gasteiger charge is 2.09. The average molecular weight is 270 g/mol. The van der Waals surface area contributed by atoms with E-state index < -0.39 is 0 Å². The van der Waals surface area contributed by atoms with E-state index in [1.54, 1.807) is 0 Å². The third kappa shape index (κ3) is 12.2. The van der Waals surface area contributed by atoms with Gasteiger partial charge in [0.1, 0.15) is 0 Å². The SMILES string of the molecule is CC(C)CCCCCCNCC(=O)NC(C)C(C)C. The van der Waals surface area contributed by atoms with Crippen LogP contribution in [0.5, 0.6) is 0 Å². The van der Waals surface area contributed by atoms with Crippen molar-refractivity contribution in [1.82, 2.24) is 10.6 Å². The van der Waals surface area contributed by atoms with Crippen molar-refractivity contribution in [3.63, 3.8) is 0 Å². The molecule has 0 aromatic rings. The van der Waals surface area contributed by atoms with Gasteiger partial charge in [0.05, 0.1) is 6.54 Å². The molecule has 0 aliphatic carbocycles. The van der Waals surface area contributed by atoms with Crippen LogP contribution in [0.3, 0.4) is 0 Å². The van der Waals surface area contributed by atoms with Gasteiger partial charge in [-0.2, -0.15) is 0 Å². The summed E-state index contributed by atoms with van der Waals surface area (Å²) >= 11 is 0. The van der Waals surface area contributed by atoms with Crippen molar-refractivity contribution < 1.29 is 4.79 Å². The molecule has 0 aliphatic heterocycles. The van der Waals surface area contributed by atoms with Gasteiger partial charge in [0.15, 0.2) is 0 Å². The van der Waals surface area contributed by atoms with Crippen molar-refractivity contribution >= 4 is 5.91 Å². The number of nitrogens with one attached hydrogen (secondary N) is 2. The summed E-state index contributed by atoms with van der Waals surface area (Å²) in [6.07, 6.45) is 6.43. The predicted octanol–water partition coefficient (Wildman–Crippen LogP) is 3.34. The van der Waals surface area contributed by atoms with E-state index in [0.29, 0.717) is 12.5 Å². The molecule has 0 bridgehead atoms. The fourth-order valence-electron chi connectivity index (χ4n) is 1.83. The third-order valence-corrected chi connectivity index (χ3v) is 3.56. The van der Waals surface area contributed by atoms with Gasteiger partial charge in [-0.3, -0.25) is 4.79 Å². The first-order chi connectivity index (χ1) is 8.93. The van der Waals surface area contributed by atoms with Crippen LogP contribution in [-0.2, 0) is 4.79 Å². The lowest BCUT2D eigenvalue weighted by Gasteiger charge is -2.17. The topological polar surface area (TPSA) is 41.1 Å². The van der Waals surface area contributed by atoms with Gasteiger partial charge < -0.3 is 10.6 Å². The zero-order chi connectivity index (χ0) is 14.7. The van der Waals surface area contributed by atoms with Crippen molar-refractivity contribution in [1.29, 1.82) is 0 Å². The van der Waals surface area contributed by atoms with Crippen molar-refractivity contribution in [2.24, 2.45) is 11.8 Å². The fourth-order valence-corrected chi connectivity index (χ4v) is 1.83. The van der Waals surface area contributed by atoms with Crippen LogP contribution in [0.25, 0.3) is 0 Å². The van der Waals surface area contributed by atoms with E-state index >= 15 is 0 Å². The summed E-state index contributed by atoms with van der Waals surface area (Å²) in [6, 6.07) is 0.255. The Balaban J connectivity index is 3.32. The van der Waals surface area contributed by atoms with Crippen molar-refractivity contribution in [2.45, 2.75) is 72.8 Å². The minimum absolute atomic E-state index is 0.112. The second-order valence-corrected chi connectivity index (χ2v) is 6.37. The molecule has 3 heteroatoms. The highest BCUT2D eigenvalue weighted by Crippen LogP contribution is 2.08. The average Bonchev–Trinajstić information content (AvgIpc) is 2.31. The van der Waals surface area contributed by atoms with Gasteiger partial charge >= 0.3 is 0 Å². The van der Waals surface area contributed by atoms with Crippen LogP contribution in [0, 0.1) is 11.8 Å². The lowest BCUT2D eigenvalue weighted by Crippen LogP contribution is -2.41. The fraction of sp³-hybridized carbons (Fsp3) is 0.938. The summed E-state index contributed by atoms with van der Waals surface area (Å²) in [5, 5.41) is 6.22. The molecule has 0 radical (unpaired) electrons. The molecule has 2 N–H and O–H groups in total. The van der Waals surface area contributed by atoms with Crippen molar-refractivity contribution in [2.75, 3.05) is 13.1 Å². The molecule has 0 aromatic carbocycles. The van der Waals surface area contributed by atoms with E-state index in [1.807, 2.05) is 0 Å². The zero-order valence-electron chi connectivity index (χ0n) is 13.6. The van der Waals surface area contributed by atoms with Crippen LogP contribution in [0.15, 0.2) is 0 Å². The van der Waals surface area contributed by atoms with E-state index in [4.69, 9.17) is 0 Å². The lowest BCUT2D eigenvalue weighted by atomic mass is 10.0. The number of amides is 1. The maximum Gasteiger partial charge on any atom is 0.234 e. The first-order valence-electron chi connectivity index (χ1n) is 7.93. The monoisotopic (exact) mass is 270 g/mol. The van der Waals surface area contributed by atoms with E-state index in [1.165, 1.54) is 32.1 Å². The molecule has 19 heavy (non-hydrogen) atoms. The Bertz CT molecular complexity index is 227. The molecule has 0 aliphatic rings. The molecule has 3 nitrogen and oxygen atoms in total. The van der Waals surface area contributed by atoms with Crippen molar-refractivity contribution in [3.05, 3.63) is 0 Å². The Morgan fingerprint density at radius 1 is 0.947 bits per heavy atom. The molecule has 114 valence electrons. The van der Waals surface area contributed by atoms with Crippen LogP contribution in [-0.4, -0.2) is 25.0 Å². The third-order valence-electron chi connectivity index (χ3n) is 3.56. The van der Waals surface area contributed by atoms with Crippen molar-refractivity contribution in [3.8, 4) is 0 Å². The summed E-state index contributed by atoms with van der Waals surface area (Å²) in [4.78, 5) is 11.6. The van der Waals surface area contributed by atoms with Crippen LogP contribution in [0.2, 0.25) is 0 Å². The second-order valence-electron chi connectivity index (χ2n) is 6.37. The summed E-state index contributed by atoms with van der Waals surface area (Å²) in [7, 11) is 0. The van der Waals surface area contributed by atoms with Crippen LogP contribution in [0.4, 0.5) is 0 Å². The first-order valence-corrected chi connectivity index (χ1v) is 7.93. The number of unbranched alkanes of at least 4 members (excludes halogenated alkanes) is 3. The highest BCUT2D eigenvalue weighted by atomic mass is 16.1. The summed E-state index contributed by atoms with van der Waals surface area (Å²) < 4.78 is 0. The summed E-state index contributed by atoms with van der Waals surface area (Å²) in [5.41, 5.74) is 0. The minimum Gasteiger partial charge on any atom is -0.352 e. The molecule has 0 heterocycles. The number of rotatable bonds is 11. The predicted molar refractivity (Wildman–Crippen MR) is 83.2 cm³/mol. The lowest BCUT2D eigenvalue weighted by molar-refractivity contribution is -0.121. The van der Waals surface area contributed by atoms with E-state index in [2.05, 4.69) is 45.3 Å². The zero-order valence-corrected chi connectivity index (χ0v) is 13.6. The standard InChI is InChI=1S/C16H34N2O/c1-13(2)10-8-6-7-9-11-17-12-16(19)18-15(5)14(3)4/h13-15,17H,6-12H2,1-5H3,(H,18,19). The first kappa shape index (κ1) is 18.4. The van der Waals surface area contributed by atoms with Crippen LogP contribution >= 0.6 is 0 Å². The van der Waals surface area contributed by atoms with Gasteiger partial charge in [-0.05, 0) is 31.7 Å². The van der Waals surface area contributed by atoms with Gasteiger partial charge in [-0.25, -0.2) is 0 Å². The molecule has 1 unspecified atom stereocenters. The highest BCUT2D eigenvalue weighted by molar-refractivity contribution is 5.78. The van der Waals surface area contributed by atoms with Gasteiger partial charge in [0.25, 0.3) is 0 Å². The molecular weight excluding hydrogens is 236 g/mol. The second kappa shape index (κ2) is 11.3. The Hall–Kier alpha value is -0.570. The molecule has 0 saturated heterocycles. The van der Waals surface area contributed by atoms with Gasteiger partial charge in [-0.15, -0.1) is 0 Å². The maximum atomic E-state index is 11.6. The van der Waals surface area contributed by atoms with Crippen LogP contribution < -0.4 is 10.6 Å². The summed E-state index contributed by atoms with van der Waals surface area (Å²) in [6.45, 7) is 12.2. The van der Waals surface area contributed by atoms with E-state index in [0.717, 1.165) is 12.5 Å². The molecule has 0 saturated carbocycles. The van der Waals surface area contributed by atoms with E-state index in [-0.39, 0.29) is 11.9 Å². The normalized spacial score (nSPS) is 13.0. The van der Waals surface area contributed by atoms with Gasteiger partial charge in [0.2, 0.25) is 5.91 Å². The number of carbonyl (C=O) groups is 1. The Morgan fingerprint density at radius 3 is 2.16 bits per heavy atom. The van der Waals surface area contributed by atoms with Gasteiger partial charge in [0, 0.05) is 6.04 Å². The minimum atomic E-state index is 0.112.